The Bertz CT molecular complexity index is 831. The summed E-state index contributed by atoms with van der Waals surface area (Å²) in [6.45, 7) is 3.56. The molecule has 0 atom stereocenters. The average molecular weight is 353 g/mol. The number of nitrogens with one attached hydrogen (secondary N) is 1. The standard InChI is InChI=1S/C16H17ClN2O3S/c1-11-4-7-14(8-5-11)23(20,21)19-18-12(2)15-10-13(17)6-9-16(15)22-3/h4-10,19H,1-3H3/b18-12-. The van der Waals surface area contributed by atoms with Gasteiger partial charge in [-0.2, -0.15) is 18.4 Å². The van der Waals surface area contributed by atoms with E-state index in [1.165, 1.54) is 19.2 Å². The summed E-state index contributed by atoms with van der Waals surface area (Å²) < 4.78 is 29.7. The first-order valence-corrected chi connectivity index (χ1v) is 8.66. The number of methoxy groups -OCH3 is 1. The van der Waals surface area contributed by atoms with E-state index in [9.17, 15) is 8.42 Å². The van der Waals surface area contributed by atoms with Gasteiger partial charge in [-0.15, -0.1) is 0 Å². The highest BCUT2D eigenvalue weighted by Gasteiger charge is 2.13. The molecule has 0 fully saturated rings. The van der Waals surface area contributed by atoms with E-state index in [1.807, 2.05) is 6.92 Å². The minimum absolute atomic E-state index is 0.151. The zero-order valence-electron chi connectivity index (χ0n) is 13.0. The van der Waals surface area contributed by atoms with Crippen LogP contribution in [0.2, 0.25) is 5.02 Å². The van der Waals surface area contributed by atoms with Gasteiger partial charge in [-0.3, -0.25) is 0 Å². The van der Waals surface area contributed by atoms with Crippen LogP contribution in [0.5, 0.6) is 5.75 Å². The number of hydrazone groups is 1. The van der Waals surface area contributed by atoms with Gasteiger partial charge in [0.1, 0.15) is 5.75 Å². The van der Waals surface area contributed by atoms with E-state index in [4.69, 9.17) is 16.3 Å². The van der Waals surface area contributed by atoms with E-state index in [0.29, 0.717) is 22.0 Å². The summed E-state index contributed by atoms with van der Waals surface area (Å²) in [7, 11) is -2.20. The fourth-order valence-corrected chi connectivity index (χ4v) is 2.95. The van der Waals surface area contributed by atoms with Crippen LogP contribution in [0.15, 0.2) is 52.5 Å². The lowest BCUT2D eigenvalue weighted by Crippen LogP contribution is -2.20. The van der Waals surface area contributed by atoms with Crippen LogP contribution in [-0.2, 0) is 10.0 Å². The largest absolute Gasteiger partial charge is 0.496 e. The summed E-state index contributed by atoms with van der Waals surface area (Å²) in [6, 6.07) is 11.6. The van der Waals surface area contributed by atoms with E-state index < -0.39 is 10.0 Å². The van der Waals surface area contributed by atoms with E-state index in [2.05, 4.69) is 9.93 Å². The van der Waals surface area contributed by atoms with Gasteiger partial charge in [-0.25, -0.2) is 0 Å². The molecule has 0 unspecified atom stereocenters. The van der Waals surface area contributed by atoms with Crippen LogP contribution in [0.4, 0.5) is 0 Å². The molecule has 0 aliphatic rings. The molecule has 0 radical (unpaired) electrons. The van der Waals surface area contributed by atoms with Crippen LogP contribution in [0.3, 0.4) is 0 Å². The third-order valence-corrected chi connectivity index (χ3v) is 4.68. The molecule has 0 saturated carbocycles. The van der Waals surface area contributed by atoms with E-state index in [-0.39, 0.29) is 4.90 Å². The van der Waals surface area contributed by atoms with Gasteiger partial charge in [-0.05, 0) is 44.2 Å². The maximum absolute atomic E-state index is 12.2. The summed E-state index contributed by atoms with van der Waals surface area (Å²) in [5.74, 6) is 0.560. The molecule has 0 aliphatic heterocycles. The summed E-state index contributed by atoms with van der Waals surface area (Å²) >= 11 is 5.97. The fraction of sp³-hybridized carbons (Fsp3) is 0.188. The Hall–Kier alpha value is -2.05. The predicted molar refractivity (Wildman–Crippen MR) is 91.7 cm³/mol. The van der Waals surface area contributed by atoms with Gasteiger partial charge in [0.15, 0.2) is 0 Å². The number of sulfonamides is 1. The molecular formula is C16H17ClN2O3S. The van der Waals surface area contributed by atoms with Crippen molar-refractivity contribution in [3.05, 3.63) is 58.6 Å². The van der Waals surface area contributed by atoms with Crippen molar-refractivity contribution in [3.8, 4) is 5.75 Å². The van der Waals surface area contributed by atoms with Gasteiger partial charge < -0.3 is 4.74 Å². The molecule has 2 aromatic rings. The summed E-state index contributed by atoms with van der Waals surface area (Å²) in [4.78, 5) is 2.38. The van der Waals surface area contributed by atoms with Crippen molar-refractivity contribution in [1.29, 1.82) is 0 Å². The average Bonchev–Trinajstić information content (AvgIpc) is 2.53. The predicted octanol–water partition coefficient (Wildman–Crippen LogP) is 3.36. The van der Waals surface area contributed by atoms with Crippen molar-refractivity contribution in [2.75, 3.05) is 7.11 Å². The highest BCUT2D eigenvalue weighted by atomic mass is 35.5. The smallest absolute Gasteiger partial charge is 0.276 e. The second-order valence-corrected chi connectivity index (χ2v) is 7.05. The Kier molecular flexibility index (Phi) is 5.28. The first-order chi connectivity index (χ1) is 10.8. The van der Waals surface area contributed by atoms with Gasteiger partial charge in [0.25, 0.3) is 10.0 Å². The third kappa shape index (κ3) is 4.24. The molecule has 0 aliphatic carbocycles. The number of hydrogen-bond acceptors (Lipinski definition) is 4. The maximum Gasteiger partial charge on any atom is 0.276 e. The molecule has 1 N–H and O–H groups in total. The lowest BCUT2D eigenvalue weighted by Gasteiger charge is -2.09. The van der Waals surface area contributed by atoms with Gasteiger partial charge in [0.2, 0.25) is 0 Å². The molecule has 0 spiro atoms. The molecule has 7 heteroatoms. The van der Waals surface area contributed by atoms with Crippen molar-refractivity contribution in [2.24, 2.45) is 5.10 Å². The van der Waals surface area contributed by atoms with Crippen LogP contribution in [0.1, 0.15) is 18.1 Å². The molecule has 0 saturated heterocycles. The Morgan fingerprint density at radius 1 is 1.17 bits per heavy atom. The highest BCUT2D eigenvalue weighted by molar-refractivity contribution is 7.89. The van der Waals surface area contributed by atoms with Crippen molar-refractivity contribution < 1.29 is 13.2 Å². The maximum atomic E-state index is 12.2. The highest BCUT2D eigenvalue weighted by Crippen LogP contribution is 2.23. The van der Waals surface area contributed by atoms with E-state index >= 15 is 0 Å². The summed E-state index contributed by atoms with van der Waals surface area (Å²) in [5, 5.41) is 4.47. The van der Waals surface area contributed by atoms with Gasteiger partial charge in [0, 0.05) is 10.6 Å². The van der Waals surface area contributed by atoms with Crippen LogP contribution >= 0.6 is 11.6 Å². The van der Waals surface area contributed by atoms with Gasteiger partial charge in [0.05, 0.1) is 17.7 Å². The minimum Gasteiger partial charge on any atom is -0.496 e. The topological polar surface area (TPSA) is 67.8 Å². The first-order valence-electron chi connectivity index (χ1n) is 6.80. The lowest BCUT2D eigenvalue weighted by molar-refractivity contribution is 0.414. The molecule has 0 amide bonds. The number of rotatable bonds is 5. The molecule has 0 bridgehead atoms. The Balaban J connectivity index is 2.28. The zero-order chi connectivity index (χ0) is 17.0. The molecule has 5 nitrogen and oxygen atoms in total. The second kappa shape index (κ2) is 7.02. The number of aryl methyl sites for hydroxylation is 1. The number of hydrogen-bond donors (Lipinski definition) is 1. The Labute approximate surface area is 141 Å². The second-order valence-electron chi connectivity index (χ2n) is 4.95. The molecule has 0 heterocycles. The number of halogens is 1. The minimum atomic E-state index is -3.72. The van der Waals surface area contributed by atoms with Gasteiger partial charge >= 0.3 is 0 Å². The molecule has 0 aromatic heterocycles. The van der Waals surface area contributed by atoms with Crippen LogP contribution in [-0.4, -0.2) is 21.2 Å². The van der Waals surface area contributed by atoms with E-state index in [1.54, 1.807) is 37.3 Å². The van der Waals surface area contributed by atoms with Crippen molar-refractivity contribution in [1.82, 2.24) is 4.83 Å². The number of benzene rings is 2. The number of ether oxygens (including phenoxy) is 1. The lowest BCUT2D eigenvalue weighted by atomic mass is 10.1. The SMILES string of the molecule is COc1ccc(Cl)cc1/C(C)=N\NS(=O)(=O)c1ccc(C)cc1. The van der Waals surface area contributed by atoms with Crippen LogP contribution in [0, 0.1) is 6.92 Å². The van der Waals surface area contributed by atoms with Crippen molar-refractivity contribution in [2.45, 2.75) is 18.7 Å². The summed E-state index contributed by atoms with van der Waals surface area (Å²) in [5.41, 5.74) is 2.04. The number of nitrogens with zero attached hydrogens (tertiary/aromatic N) is 1. The molecule has 2 aromatic carbocycles. The molecule has 2 rings (SSSR count). The Morgan fingerprint density at radius 2 is 1.83 bits per heavy atom. The van der Waals surface area contributed by atoms with Crippen molar-refractivity contribution >= 4 is 27.3 Å². The van der Waals surface area contributed by atoms with E-state index in [0.717, 1.165) is 5.56 Å². The quantitative estimate of drug-likeness (QED) is 0.662. The summed E-state index contributed by atoms with van der Waals surface area (Å²) in [6.07, 6.45) is 0. The molecule has 23 heavy (non-hydrogen) atoms. The molecule has 122 valence electrons. The zero-order valence-corrected chi connectivity index (χ0v) is 14.6. The van der Waals surface area contributed by atoms with Gasteiger partial charge in [-0.1, -0.05) is 29.3 Å². The third-order valence-electron chi connectivity index (χ3n) is 3.22. The normalized spacial score (nSPS) is 12.1. The first kappa shape index (κ1) is 17.3. The fourth-order valence-electron chi connectivity index (χ4n) is 1.92. The monoisotopic (exact) mass is 352 g/mol. The molecular weight excluding hydrogens is 336 g/mol. The van der Waals surface area contributed by atoms with Crippen LogP contribution < -0.4 is 9.57 Å². The Morgan fingerprint density at radius 3 is 2.43 bits per heavy atom. The van der Waals surface area contributed by atoms with Crippen LogP contribution in [0.25, 0.3) is 0 Å². The van der Waals surface area contributed by atoms with Crippen molar-refractivity contribution in [3.63, 3.8) is 0 Å².